The lowest BCUT2D eigenvalue weighted by molar-refractivity contribution is -0.142. The largest absolute Gasteiger partial charge is 0.466 e. The summed E-state index contributed by atoms with van der Waals surface area (Å²) in [6.45, 7) is 2.00. The van der Waals surface area contributed by atoms with Crippen LogP contribution < -0.4 is 5.73 Å². The number of rotatable bonds is 4. The summed E-state index contributed by atoms with van der Waals surface area (Å²) in [5.74, 6) is -0.238. The van der Waals surface area contributed by atoms with E-state index in [1.165, 1.54) is 0 Å². The monoisotopic (exact) mass is 239 g/mol. The predicted octanol–water partition coefficient (Wildman–Crippen LogP) is -0.193. The van der Waals surface area contributed by atoms with Gasteiger partial charge in [-0.05, 0) is 6.92 Å². The van der Waals surface area contributed by atoms with Crippen LogP contribution in [0.4, 0.5) is 6.01 Å². The fourth-order valence-electron chi connectivity index (χ4n) is 1.07. The number of aromatic nitrogens is 4. The zero-order valence-electron chi connectivity index (χ0n) is 8.91. The Morgan fingerprint density at radius 1 is 1.47 bits per heavy atom. The Kier molecular flexibility index (Phi) is 2.99. The summed E-state index contributed by atoms with van der Waals surface area (Å²) in [6, 6.07) is -0.100. The van der Waals surface area contributed by atoms with E-state index in [-0.39, 0.29) is 30.0 Å². The lowest BCUT2D eigenvalue weighted by atomic mass is 10.4. The maximum absolute atomic E-state index is 11.1. The van der Waals surface area contributed by atoms with Crippen LogP contribution in [0.15, 0.2) is 8.94 Å². The lowest BCUT2D eigenvalue weighted by Crippen LogP contribution is -2.07. The van der Waals surface area contributed by atoms with E-state index in [0.29, 0.717) is 6.61 Å². The third-order valence-electron chi connectivity index (χ3n) is 1.70. The standard InChI is InChI=1S/C8H9N5O4/c1-2-15-5(14)3-4-10-6(13-17-4)7-11-12-8(9)16-7/h2-3H2,1H3,(H2,9,12). The molecule has 2 rings (SSSR count). The summed E-state index contributed by atoms with van der Waals surface area (Å²) >= 11 is 0. The quantitative estimate of drug-likeness (QED) is 0.721. The molecule has 9 nitrogen and oxygen atoms in total. The molecule has 9 heteroatoms. The normalized spacial score (nSPS) is 10.4. The molecule has 0 aliphatic carbocycles. The lowest BCUT2D eigenvalue weighted by Gasteiger charge is -1.95. The second kappa shape index (κ2) is 4.60. The van der Waals surface area contributed by atoms with Crippen LogP contribution in [0, 0.1) is 0 Å². The number of carbonyl (C=O) groups excluding carboxylic acids is 1. The molecule has 90 valence electrons. The van der Waals surface area contributed by atoms with Crippen molar-refractivity contribution in [3.63, 3.8) is 0 Å². The summed E-state index contributed by atoms with van der Waals surface area (Å²) in [5, 5.41) is 10.6. The van der Waals surface area contributed by atoms with E-state index in [4.69, 9.17) is 19.4 Å². The van der Waals surface area contributed by atoms with Crippen LogP contribution in [0.2, 0.25) is 0 Å². The molecule has 2 heterocycles. The van der Waals surface area contributed by atoms with Gasteiger partial charge in [0.15, 0.2) is 0 Å². The van der Waals surface area contributed by atoms with Crippen LogP contribution in [-0.4, -0.2) is 32.9 Å². The van der Waals surface area contributed by atoms with Crippen LogP contribution in [0.3, 0.4) is 0 Å². The van der Waals surface area contributed by atoms with Gasteiger partial charge in [0.2, 0.25) is 5.89 Å². The SMILES string of the molecule is CCOC(=O)Cc1nc(-c2nnc(N)o2)no1. The third-order valence-corrected chi connectivity index (χ3v) is 1.70. The van der Waals surface area contributed by atoms with Crippen molar-refractivity contribution in [2.24, 2.45) is 0 Å². The molecule has 17 heavy (non-hydrogen) atoms. The van der Waals surface area contributed by atoms with Gasteiger partial charge in [-0.25, -0.2) is 0 Å². The van der Waals surface area contributed by atoms with Crippen LogP contribution >= 0.6 is 0 Å². The summed E-state index contributed by atoms with van der Waals surface area (Å²) < 4.78 is 14.4. The van der Waals surface area contributed by atoms with E-state index in [1.54, 1.807) is 6.92 Å². The van der Waals surface area contributed by atoms with Crippen molar-refractivity contribution >= 4 is 12.0 Å². The summed E-state index contributed by atoms with van der Waals surface area (Å²) in [5.41, 5.74) is 5.24. The van der Waals surface area contributed by atoms with Gasteiger partial charge in [-0.2, -0.15) is 4.98 Å². The Bertz CT molecular complexity index is 519. The molecule has 0 aliphatic heterocycles. The number of carbonyl (C=O) groups is 1. The highest BCUT2D eigenvalue weighted by Gasteiger charge is 2.16. The minimum Gasteiger partial charge on any atom is -0.466 e. The fourth-order valence-corrected chi connectivity index (χ4v) is 1.07. The summed E-state index contributed by atoms with van der Waals surface area (Å²) in [4.78, 5) is 15.0. The number of hydrogen-bond acceptors (Lipinski definition) is 9. The first-order valence-corrected chi connectivity index (χ1v) is 4.76. The summed E-state index contributed by atoms with van der Waals surface area (Å²) in [6.07, 6.45) is -0.107. The van der Waals surface area contributed by atoms with Crippen molar-refractivity contribution < 1.29 is 18.5 Å². The van der Waals surface area contributed by atoms with E-state index in [9.17, 15) is 4.79 Å². The highest BCUT2D eigenvalue weighted by molar-refractivity contribution is 5.71. The van der Waals surface area contributed by atoms with Gasteiger partial charge < -0.3 is 19.4 Å². The van der Waals surface area contributed by atoms with Gasteiger partial charge in [0.1, 0.15) is 6.42 Å². The molecule has 2 N–H and O–H groups in total. The molecular weight excluding hydrogens is 230 g/mol. The van der Waals surface area contributed by atoms with Gasteiger partial charge in [-0.15, -0.1) is 5.10 Å². The van der Waals surface area contributed by atoms with Crippen LogP contribution in [-0.2, 0) is 16.0 Å². The first kappa shape index (κ1) is 11.0. The molecule has 2 aromatic heterocycles. The van der Waals surface area contributed by atoms with Crippen molar-refractivity contribution in [3.05, 3.63) is 5.89 Å². The second-order valence-electron chi connectivity index (χ2n) is 2.94. The van der Waals surface area contributed by atoms with E-state index in [1.807, 2.05) is 0 Å². The highest BCUT2D eigenvalue weighted by Crippen LogP contribution is 2.14. The first-order valence-electron chi connectivity index (χ1n) is 4.76. The van der Waals surface area contributed by atoms with Gasteiger partial charge in [0, 0.05) is 0 Å². The topological polar surface area (TPSA) is 130 Å². The highest BCUT2D eigenvalue weighted by atomic mass is 16.5. The number of nitrogens with zero attached hydrogens (tertiary/aromatic N) is 4. The number of anilines is 1. The molecule has 0 aliphatic rings. The zero-order valence-corrected chi connectivity index (χ0v) is 8.91. The molecule has 0 spiro atoms. The molecule has 0 fully saturated rings. The van der Waals surface area contributed by atoms with Crippen molar-refractivity contribution in [1.82, 2.24) is 20.3 Å². The van der Waals surface area contributed by atoms with Crippen molar-refractivity contribution in [3.8, 4) is 11.7 Å². The van der Waals surface area contributed by atoms with Crippen molar-refractivity contribution in [2.75, 3.05) is 12.3 Å². The molecule has 0 radical (unpaired) electrons. The minimum atomic E-state index is -0.451. The maximum Gasteiger partial charge on any atom is 0.315 e. The Labute approximate surface area is 95.0 Å². The molecule has 0 unspecified atom stereocenters. The van der Waals surface area contributed by atoms with Gasteiger partial charge in [0.05, 0.1) is 6.61 Å². The predicted molar refractivity (Wildman–Crippen MR) is 52.3 cm³/mol. The average molecular weight is 239 g/mol. The fraction of sp³-hybridized carbons (Fsp3) is 0.375. The Morgan fingerprint density at radius 2 is 2.29 bits per heavy atom. The molecule has 0 saturated carbocycles. The van der Waals surface area contributed by atoms with Crippen molar-refractivity contribution in [1.29, 1.82) is 0 Å². The smallest absolute Gasteiger partial charge is 0.315 e. The van der Waals surface area contributed by atoms with Crippen molar-refractivity contribution in [2.45, 2.75) is 13.3 Å². The van der Waals surface area contributed by atoms with E-state index in [2.05, 4.69) is 20.3 Å². The number of esters is 1. The summed E-state index contributed by atoms with van der Waals surface area (Å²) in [7, 11) is 0. The Balaban J connectivity index is 2.08. The van der Waals surface area contributed by atoms with Crippen LogP contribution in [0.25, 0.3) is 11.7 Å². The van der Waals surface area contributed by atoms with Crippen LogP contribution in [0.5, 0.6) is 0 Å². The average Bonchev–Trinajstić information content (AvgIpc) is 2.87. The van der Waals surface area contributed by atoms with Gasteiger partial charge in [0.25, 0.3) is 11.7 Å². The molecular formula is C8H9N5O4. The van der Waals surface area contributed by atoms with Gasteiger partial charge in [-0.1, -0.05) is 10.3 Å². The molecule has 0 aromatic carbocycles. The third kappa shape index (κ3) is 2.56. The second-order valence-corrected chi connectivity index (χ2v) is 2.94. The molecule has 0 bridgehead atoms. The molecule has 0 atom stereocenters. The van der Waals surface area contributed by atoms with Crippen LogP contribution in [0.1, 0.15) is 12.8 Å². The number of nitrogen functional groups attached to an aromatic ring is 1. The number of nitrogens with two attached hydrogens (primary N) is 1. The molecule has 0 amide bonds. The van der Waals surface area contributed by atoms with E-state index >= 15 is 0 Å². The van der Waals surface area contributed by atoms with Gasteiger partial charge >= 0.3 is 12.0 Å². The first-order chi connectivity index (χ1) is 8.19. The Morgan fingerprint density at radius 3 is 2.94 bits per heavy atom. The maximum atomic E-state index is 11.1. The van der Waals surface area contributed by atoms with E-state index in [0.717, 1.165) is 0 Å². The van der Waals surface area contributed by atoms with Gasteiger partial charge in [-0.3, -0.25) is 4.79 Å². The minimum absolute atomic E-state index is 0.0290. The zero-order chi connectivity index (χ0) is 12.3. The number of hydrogen-bond donors (Lipinski definition) is 1. The number of ether oxygens (including phenoxy) is 1. The molecule has 2 aromatic rings. The van der Waals surface area contributed by atoms with E-state index < -0.39 is 5.97 Å². The molecule has 0 saturated heterocycles. The Hall–Kier alpha value is -2.45.